The van der Waals surface area contributed by atoms with Crippen LogP contribution in [0, 0.1) is 26.2 Å². The molecule has 1 aromatic rings. The van der Waals surface area contributed by atoms with Crippen LogP contribution in [-0.4, -0.2) is 19.7 Å². The quantitative estimate of drug-likeness (QED) is 0.662. The number of nitrogens with one attached hydrogen (secondary N) is 1. The van der Waals surface area contributed by atoms with Crippen molar-refractivity contribution in [3.63, 3.8) is 0 Å². The predicted molar refractivity (Wildman–Crippen MR) is 70.8 cm³/mol. The second-order valence-corrected chi connectivity index (χ2v) is 4.39. The second kappa shape index (κ2) is 6.57. The first-order valence-corrected chi connectivity index (χ1v) is 5.98. The molecule has 0 saturated heterocycles. The molecule has 0 aliphatic carbocycles. The molecule has 0 radical (unpaired) electrons. The van der Waals surface area contributed by atoms with Crippen LogP contribution in [0.5, 0.6) is 5.75 Å². The fourth-order valence-electron chi connectivity index (χ4n) is 1.39. The van der Waals surface area contributed by atoms with Crippen molar-refractivity contribution in [2.75, 3.05) is 19.7 Å². The van der Waals surface area contributed by atoms with Crippen molar-refractivity contribution in [1.82, 2.24) is 5.32 Å². The molecule has 0 atom stereocenters. The van der Waals surface area contributed by atoms with E-state index in [0.29, 0.717) is 13.2 Å². The number of terminal acetylenes is 1. The molecule has 1 N–H and O–H groups in total. The third kappa shape index (κ3) is 3.88. The van der Waals surface area contributed by atoms with Crippen LogP contribution >= 0.6 is 15.9 Å². The molecule has 0 aliphatic heterocycles. The van der Waals surface area contributed by atoms with Crippen molar-refractivity contribution in [2.45, 2.75) is 13.8 Å². The highest BCUT2D eigenvalue weighted by atomic mass is 79.9. The van der Waals surface area contributed by atoms with Gasteiger partial charge in [-0.1, -0.05) is 21.9 Å². The van der Waals surface area contributed by atoms with Crippen molar-refractivity contribution in [2.24, 2.45) is 0 Å². The van der Waals surface area contributed by atoms with Crippen LogP contribution in [0.2, 0.25) is 0 Å². The minimum absolute atomic E-state index is 0.585. The number of hydrogen-bond acceptors (Lipinski definition) is 2. The summed E-state index contributed by atoms with van der Waals surface area (Å²) in [5.74, 6) is 3.42. The monoisotopic (exact) mass is 281 g/mol. The van der Waals surface area contributed by atoms with E-state index in [1.54, 1.807) is 0 Å². The van der Waals surface area contributed by atoms with Crippen LogP contribution in [-0.2, 0) is 0 Å². The van der Waals surface area contributed by atoms with Crippen LogP contribution in [0.3, 0.4) is 0 Å². The van der Waals surface area contributed by atoms with Gasteiger partial charge in [0.25, 0.3) is 0 Å². The molecule has 0 heterocycles. The average Bonchev–Trinajstić information content (AvgIpc) is 2.25. The second-order valence-electron chi connectivity index (χ2n) is 3.60. The Morgan fingerprint density at radius 2 is 2.00 bits per heavy atom. The Morgan fingerprint density at radius 1 is 1.38 bits per heavy atom. The zero-order valence-electron chi connectivity index (χ0n) is 9.64. The first-order chi connectivity index (χ1) is 7.65. The molecule has 0 fully saturated rings. The van der Waals surface area contributed by atoms with Crippen molar-refractivity contribution in [1.29, 1.82) is 0 Å². The maximum absolute atomic E-state index is 5.62. The average molecular weight is 282 g/mol. The molecule has 0 amide bonds. The Balaban J connectivity index is 2.46. The first kappa shape index (κ1) is 13.1. The molecule has 2 nitrogen and oxygen atoms in total. The van der Waals surface area contributed by atoms with Gasteiger partial charge in [-0.3, -0.25) is 0 Å². The highest BCUT2D eigenvalue weighted by molar-refractivity contribution is 9.10. The van der Waals surface area contributed by atoms with Gasteiger partial charge in [-0.25, -0.2) is 0 Å². The molecular formula is C13H16BrNO. The molecule has 3 heteroatoms. The van der Waals surface area contributed by atoms with Gasteiger partial charge in [-0.15, -0.1) is 6.42 Å². The van der Waals surface area contributed by atoms with Gasteiger partial charge in [-0.05, 0) is 37.1 Å². The highest BCUT2D eigenvalue weighted by Crippen LogP contribution is 2.26. The minimum atomic E-state index is 0.585. The maximum Gasteiger partial charge on any atom is 0.119 e. The normalized spacial score (nSPS) is 9.88. The zero-order chi connectivity index (χ0) is 12.0. The van der Waals surface area contributed by atoms with E-state index in [1.165, 1.54) is 11.1 Å². The molecule has 0 unspecified atom stereocenters. The van der Waals surface area contributed by atoms with Crippen molar-refractivity contribution >= 4 is 15.9 Å². The summed E-state index contributed by atoms with van der Waals surface area (Å²) in [6, 6.07) is 4.05. The van der Waals surface area contributed by atoms with E-state index in [9.17, 15) is 0 Å². The van der Waals surface area contributed by atoms with E-state index < -0.39 is 0 Å². The van der Waals surface area contributed by atoms with Gasteiger partial charge in [0.15, 0.2) is 0 Å². The molecule has 0 spiro atoms. The van der Waals surface area contributed by atoms with E-state index in [1.807, 2.05) is 12.1 Å². The van der Waals surface area contributed by atoms with E-state index in [0.717, 1.165) is 16.8 Å². The summed E-state index contributed by atoms with van der Waals surface area (Å²) < 4.78 is 6.76. The summed E-state index contributed by atoms with van der Waals surface area (Å²) in [6.45, 7) is 6.09. The summed E-state index contributed by atoms with van der Waals surface area (Å²) in [4.78, 5) is 0. The Hall–Kier alpha value is -0.980. The van der Waals surface area contributed by atoms with E-state index in [2.05, 4.69) is 41.0 Å². The molecule has 0 bridgehead atoms. The molecule has 16 heavy (non-hydrogen) atoms. The third-order valence-corrected chi connectivity index (χ3v) is 3.44. The lowest BCUT2D eigenvalue weighted by molar-refractivity contribution is 0.316. The molecule has 86 valence electrons. The SMILES string of the molecule is C#CCNCCOc1cc(C)c(Br)c(C)c1. The van der Waals surface area contributed by atoms with Gasteiger partial charge in [0.05, 0.1) is 6.54 Å². The topological polar surface area (TPSA) is 21.3 Å². The lowest BCUT2D eigenvalue weighted by Gasteiger charge is -2.10. The van der Waals surface area contributed by atoms with Crippen LogP contribution in [0.25, 0.3) is 0 Å². The molecular weight excluding hydrogens is 266 g/mol. The Labute approximate surface area is 106 Å². The fraction of sp³-hybridized carbons (Fsp3) is 0.385. The van der Waals surface area contributed by atoms with E-state index in [-0.39, 0.29) is 0 Å². The summed E-state index contributed by atoms with van der Waals surface area (Å²) in [5.41, 5.74) is 2.37. The van der Waals surface area contributed by atoms with Gasteiger partial charge in [0.1, 0.15) is 12.4 Å². The maximum atomic E-state index is 5.62. The van der Waals surface area contributed by atoms with Crippen molar-refractivity contribution < 1.29 is 4.74 Å². The van der Waals surface area contributed by atoms with Crippen LogP contribution < -0.4 is 10.1 Å². The number of halogens is 1. The molecule has 0 aliphatic rings. The lowest BCUT2D eigenvalue weighted by Crippen LogP contribution is -2.21. The number of hydrogen-bond donors (Lipinski definition) is 1. The predicted octanol–water partition coefficient (Wildman–Crippen LogP) is 2.67. The number of rotatable bonds is 5. The summed E-state index contributed by atoms with van der Waals surface area (Å²) >= 11 is 3.53. The largest absolute Gasteiger partial charge is 0.492 e. The van der Waals surface area contributed by atoms with Gasteiger partial charge in [-0.2, -0.15) is 0 Å². The zero-order valence-corrected chi connectivity index (χ0v) is 11.2. The Morgan fingerprint density at radius 3 is 2.56 bits per heavy atom. The lowest BCUT2D eigenvalue weighted by atomic mass is 10.1. The van der Waals surface area contributed by atoms with Gasteiger partial charge < -0.3 is 10.1 Å². The smallest absolute Gasteiger partial charge is 0.119 e. The molecule has 0 aromatic heterocycles. The van der Waals surface area contributed by atoms with Gasteiger partial charge >= 0.3 is 0 Å². The number of aryl methyl sites for hydroxylation is 2. The number of ether oxygens (including phenoxy) is 1. The van der Waals surface area contributed by atoms with E-state index >= 15 is 0 Å². The van der Waals surface area contributed by atoms with Crippen LogP contribution in [0.15, 0.2) is 16.6 Å². The first-order valence-electron chi connectivity index (χ1n) is 5.19. The fourth-order valence-corrected chi connectivity index (χ4v) is 1.62. The highest BCUT2D eigenvalue weighted by Gasteiger charge is 2.02. The van der Waals surface area contributed by atoms with Crippen LogP contribution in [0.4, 0.5) is 0 Å². The Bertz CT molecular complexity index is 372. The molecule has 1 aromatic carbocycles. The van der Waals surface area contributed by atoms with E-state index in [4.69, 9.17) is 11.2 Å². The van der Waals surface area contributed by atoms with Crippen LogP contribution in [0.1, 0.15) is 11.1 Å². The number of benzene rings is 1. The summed E-state index contributed by atoms with van der Waals surface area (Å²) in [7, 11) is 0. The standard InChI is InChI=1S/C13H16BrNO/c1-4-5-15-6-7-16-12-8-10(2)13(14)11(3)9-12/h1,8-9,15H,5-7H2,2-3H3. The van der Waals surface area contributed by atoms with Crippen molar-refractivity contribution in [3.05, 3.63) is 27.7 Å². The molecule has 0 saturated carbocycles. The molecule has 1 rings (SSSR count). The summed E-state index contributed by atoms with van der Waals surface area (Å²) in [5, 5.41) is 3.08. The van der Waals surface area contributed by atoms with Crippen molar-refractivity contribution in [3.8, 4) is 18.1 Å². The minimum Gasteiger partial charge on any atom is -0.492 e. The summed E-state index contributed by atoms with van der Waals surface area (Å²) in [6.07, 6.45) is 5.12. The Kier molecular flexibility index (Phi) is 5.37. The third-order valence-electron chi connectivity index (χ3n) is 2.18. The van der Waals surface area contributed by atoms with Gasteiger partial charge in [0.2, 0.25) is 0 Å². The van der Waals surface area contributed by atoms with Gasteiger partial charge in [0, 0.05) is 11.0 Å².